The summed E-state index contributed by atoms with van der Waals surface area (Å²) in [5, 5.41) is 8.80. The van der Waals surface area contributed by atoms with E-state index in [1.54, 1.807) is 0 Å². The SMILES string of the molecule is CCCCc1ccc(NC(=O)c2nc(N)n[nH]2)cc1. The number of hydrogen-bond donors (Lipinski definition) is 3. The molecule has 2 rings (SSSR count). The molecule has 0 aliphatic rings. The highest BCUT2D eigenvalue weighted by Crippen LogP contribution is 2.12. The van der Waals surface area contributed by atoms with Gasteiger partial charge >= 0.3 is 0 Å². The molecule has 0 aliphatic heterocycles. The molecule has 100 valence electrons. The van der Waals surface area contributed by atoms with E-state index in [1.165, 1.54) is 18.4 Å². The number of nitrogens with zero attached hydrogens (tertiary/aromatic N) is 2. The normalized spacial score (nSPS) is 10.4. The number of hydrogen-bond acceptors (Lipinski definition) is 4. The lowest BCUT2D eigenvalue weighted by molar-refractivity contribution is 0.101. The largest absolute Gasteiger partial charge is 0.366 e. The molecule has 0 fully saturated rings. The number of H-pyrrole nitrogens is 1. The van der Waals surface area contributed by atoms with Crippen molar-refractivity contribution in [2.24, 2.45) is 0 Å². The second-order valence-corrected chi connectivity index (χ2v) is 4.30. The van der Waals surface area contributed by atoms with Crippen LogP contribution in [0.15, 0.2) is 24.3 Å². The molecule has 4 N–H and O–H groups in total. The van der Waals surface area contributed by atoms with Crippen molar-refractivity contribution in [3.8, 4) is 0 Å². The highest BCUT2D eigenvalue weighted by molar-refractivity contribution is 6.01. The number of amides is 1. The molecule has 0 radical (unpaired) electrons. The monoisotopic (exact) mass is 259 g/mol. The van der Waals surface area contributed by atoms with Crippen LogP contribution in [-0.4, -0.2) is 21.1 Å². The van der Waals surface area contributed by atoms with E-state index in [9.17, 15) is 4.79 Å². The van der Waals surface area contributed by atoms with Crippen molar-refractivity contribution in [1.82, 2.24) is 15.2 Å². The van der Waals surface area contributed by atoms with Gasteiger partial charge in [-0.3, -0.25) is 9.89 Å². The predicted molar refractivity (Wildman–Crippen MR) is 73.8 cm³/mol. The Morgan fingerprint density at radius 1 is 1.37 bits per heavy atom. The maximum atomic E-state index is 11.8. The van der Waals surface area contributed by atoms with Crippen molar-refractivity contribution >= 4 is 17.5 Å². The lowest BCUT2D eigenvalue weighted by atomic mass is 10.1. The van der Waals surface area contributed by atoms with E-state index in [0.29, 0.717) is 0 Å². The number of carbonyl (C=O) groups excluding carboxylic acids is 1. The molecule has 0 unspecified atom stereocenters. The quantitative estimate of drug-likeness (QED) is 0.764. The third-order valence-corrected chi connectivity index (χ3v) is 2.75. The molecule has 0 saturated carbocycles. The number of rotatable bonds is 5. The van der Waals surface area contributed by atoms with Gasteiger partial charge in [0.05, 0.1) is 0 Å². The second kappa shape index (κ2) is 5.99. The number of unbranched alkanes of at least 4 members (excludes halogenated alkanes) is 1. The Morgan fingerprint density at radius 2 is 2.11 bits per heavy atom. The Morgan fingerprint density at radius 3 is 2.68 bits per heavy atom. The van der Waals surface area contributed by atoms with E-state index in [0.717, 1.165) is 12.1 Å². The van der Waals surface area contributed by atoms with E-state index >= 15 is 0 Å². The van der Waals surface area contributed by atoms with E-state index in [4.69, 9.17) is 5.73 Å². The fraction of sp³-hybridized carbons (Fsp3) is 0.308. The smallest absolute Gasteiger partial charge is 0.293 e. The van der Waals surface area contributed by atoms with Gasteiger partial charge in [0, 0.05) is 5.69 Å². The Bertz CT molecular complexity index is 546. The average molecular weight is 259 g/mol. The van der Waals surface area contributed by atoms with Crippen LogP contribution in [0.1, 0.15) is 35.9 Å². The van der Waals surface area contributed by atoms with Gasteiger partial charge in [-0.1, -0.05) is 25.5 Å². The number of aryl methyl sites for hydroxylation is 1. The number of benzene rings is 1. The van der Waals surface area contributed by atoms with Crippen molar-refractivity contribution in [2.75, 3.05) is 11.1 Å². The molecule has 2 aromatic rings. The van der Waals surface area contributed by atoms with Crippen molar-refractivity contribution in [3.05, 3.63) is 35.7 Å². The summed E-state index contributed by atoms with van der Waals surface area (Å²) >= 11 is 0. The fourth-order valence-corrected chi connectivity index (χ4v) is 1.70. The molecule has 1 aromatic heterocycles. The molecule has 0 spiro atoms. The van der Waals surface area contributed by atoms with Crippen LogP contribution in [0, 0.1) is 0 Å². The standard InChI is InChI=1S/C13H17N5O/c1-2-3-4-9-5-7-10(8-6-9)15-12(19)11-16-13(14)18-17-11/h5-8H,2-4H2,1H3,(H,15,19)(H3,14,16,17,18). The molecule has 6 nitrogen and oxygen atoms in total. The molecular formula is C13H17N5O. The minimum absolute atomic E-state index is 0.0556. The van der Waals surface area contributed by atoms with Crippen LogP contribution in [0.5, 0.6) is 0 Å². The van der Waals surface area contributed by atoms with Gasteiger partial charge in [0.2, 0.25) is 11.8 Å². The number of nitrogen functional groups attached to an aromatic ring is 1. The number of carbonyl (C=O) groups is 1. The first-order chi connectivity index (χ1) is 9.19. The molecule has 0 saturated heterocycles. The van der Waals surface area contributed by atoms with Gasteiger partial charge in [-0.2, -0.15) is 4.98 Å². The zero-order valence-corrected chi connectivity index (χ0v) is 10.8. The first kappa shape index (κ1) is 13.1. The predicted octanol–water partition coefficient (Wildman–Crippen LogP) is 1.98. The first-order valence-corrected chi connectivity index (χ1v) is 6.27. The lowest BCUT2D eigenvalue weighted by Gasteiger charge is -2.04. The molecule has 1 amide bonds. The van der Waals surface area contributed by atoms with E-state index < -0.39 is 0 Å². The van der Waals surface area contributed by atoms with Crippen molar-refractivity contribution in [3.63, 3.8) is 0 Å². The number of aromatic nitrogens is 3. The van der Waals surface area contributed by atoms with Crippen LogP contribution < -0.4 is 11.1 Å². The molecule has 19 heavy (non-hydrogen) atoms. The van der Waals surface area contributed by atoms with Gasteiger partial charge in [-0.15, -0.1) is 5.10 Å². The Hall–Kier alpha value is -2.37. The maximum absolute atomic E-state index is 11.8. The number of aromatic amines is 1. The van der Waals surface area contributed by atoms with Crippen LogP contribution in [0.2, 0.25) is 0 Å². The third-order valence-electron chi connectivity index (χ3n) is 2.75. The van der Waals surface area contributed by atoms with Gasteiger partial charge in [0.1, 0.15) is 0 Å². The van der Waals surface area contributed by atoms with Gasteiger partial charge in [0.25, 0.3) is 5.91 Å². The summed E-state index contributed by atoms with van der Waals surface area (Å²) in [5.41, 5.74) is 7.33. The minimum atomic E-state index is -0.356. The summed E-state index contributed by atoms with van der Waals surface area (Å²) in [5.74, 6) is -0.196. The number of nitrogens with two attached hydrogens (primary N) is 1. The molecule has 0 bridgehead atoms. The summed E-state index contributed by atoms with van der Waals surface area (Å²) in [6.45, 7) is 2.16. The highest BCUT2D eigenvalue weighted by atomic mass is 16.2. The van der Waals surface area contributed by atoms with Crippen molar-refractivity contribution in [1.29, 1.82) is 0 Å². The van der Waals surface area contributed by atoms with Crippen LogP contribution in [-0.2, 0) is 6.42 Å². The third kappa shape index (κ3) is 3.54. The Labute approximate surface area is 111 Å². The fourth-order valence-electron chi connectivity index (χ4n) is 1.70. The van der Waals surface area contributed by atoms with E-state index in [1.807, 2.05) is 24.3 Å². The summed E-state index contributed by atoms with van der Waals surface area (Å²) in [6, 6.07) is 7.78. The summed E-state index contributed by atoms with van der Waals surface area (Å²) in [6.07, 6.45) is 3.40. The van der Waals surface area contributed by atoms with Crippen LogP contribution in [0.3, 0.4) is 0 Å². The van der Waals surface area contributed by atoms with E-state index in [2.05, 4.69) is 27.4 Å². The molecule has 6 heteroatoms. The van der Waals surface area contributed by atoms with E-state index in [-0.39, 0.29) is 17.7 Å². The van der Waals surface area contributed by atoms with Gasteiger partial charge < -0.3 is 11.1 Å². The van der Waals surface area contributed by atoms with Crippen molar-refractivity contribution < 1.29 is 4.79 Å². The summed E-state index contributed by atoms with van der Waals surface area (Å²) < 4.78 is 0. The zero-order chi connectivity index (χ0) is 13.7. The molecule has 0 aliphatic carbocycles. The zero-order valence-electron chi connectivity index (χ0n) is 10.8. The van der Waals surface area contributed by atoms with Crippen LogP contribution in [0.25, 0.3) is 0 Å². The first-order valence-electron chi connectivity index (χ1n) is 6.27. The minimum Gasteiger partial charge on any atom is -0.366 e. The van der Waals surface area contributed by atoms with Gasteiger partial charge in [0.15, 0.2) is 0 Å². The maximum Gasteiger partial charge on any atom is 0.293 e. The number of anilines is 2. The highest BCUT2D eigenvalue weighted by Gasteiger charge is 2.10. The van der Waals surface area contributed by atoms with Crippen molar-refractivity contribution in [2.45, 2.75) is 26.2 Å². The van der Waals surface area contributed by atoms with Crippen LogP contribution in [0.4, 0.5) is 11.6 Å². The average Bonchev–Trinajstić information content (AvgIpc) is 2.85. The summed E-state index contributed by atoms with van der Waals surface area (Å²) in [4.78, 5) is 15.5. The molecule has 0 atom stereocenters. The summed E-state index contributed by atoms with van der Waals surface area (Å²) in [7, 11) is 0. The Balaban J connectivity index is 1.97. The molecule has 1 aromatic carbocycles. The number of nitrogens with one attached hydrogen (secondary N) is 2. The lowest BCUT2D eigenvalue weighted by Crippen LogP contribution is -2.13. The second-order valence-electron chi connectivity index (χ2n) is 4.30. The topological polar surface area (TPSA) is 96.7 Å². The Kier molecular flexibility index (Phi) is 4.12. The van der Waals surface area contributed by atoms with Gasteiger partial charge in [-0.25, -0.2) is 0 Å². The molecule has 1 heterocycles. The molecular weight excluding hydrogens is 242 g/mol. The van der Waals surface area contributed by atoms with Crippen LogP contribution >= 0.6 is 0 Å². The van der Waals surface area contributed by atoms with Gasteiger partial charge in [-0.05, 0) is 30.5 Å².